The lowest BCUT2D eigenvalue weighted by Gasteiger charge is -2.22. The summed E-state index contributed by atoms with van der Waals surface area (Å²) in [7, 11) is 1.68. The van der Waals surface area contributed by atoms with Crippen molar-refractivity contribution in [3.63, 3.8) is 0 Å². The van der Waals surface area contributed by atoms with E-state index in [-0.39, 0.29) is 0 Å². The first kappa shape index (κ1) is 12.7. The van der Waals surface area contributed by atoms with E-state index in [1.54, 1.807) is 7.11 Å². The second-order valence-corrected chi connectivity index (χ2v) is 4.12. The van der Waals surface area contributed by atoms with Gasteiger partial charge in [-0.2, -0.15) is 0 Å². The lowest BCUT2D eigenvalue weighted by molar-refractivity contribution is 0.0565. The molecule has 1 rings (SSSR count). The van der Waals surface area contributed by atoms with Crippen molar-refractivity contribution >= 4 is 17.3 Å². The van der Waals surface area contributed by atoms with Crippen LogP contribution in [-0.4, -0.2) is 45.1 Å². The average molecular weight is 232 g/mol. The summed E-state index contributed by atoms with van der Waals surface area (Å²) in [5.74, 6) is 0.598. The maximum atomic E-state index is 5.39. The summed E-state index contributed by atoms with van der Waals surface area (Å²) in [5.41, 5.74) is 0. The molecule has 1 saturated heterocycles. The van der Waals surface area contributed by atoms with Crippen LogP contribution in [0.1, 0.15) is 12.8 Å². The predicted octanol–water partition coefficient (Wildman–Crippen LogP) is 0.523. The van der Waals surface area contributed by atoms with Gasteiger partial charge in [0, 0.05) is 26.8 Å². The van der Waals surface area contributed by atoms with Crippen LogP contribution in [0.15, 0.2) is 0 Å². The molecular weight excluding hydrogens is 212 g/mol. The lowest BCUT2D eigenvalue weighted by Crippen LogP contribution is -2.40. The van der Waals surface area contributed by atoms with E-state index in [1.807, 2.05) is 0 Å². The van der Waals surface area contributed by atoms with E-state index in [9.17, 15) is 0 Å². The van der Waals surface area contributed by atoms with Crippen molar-refractivity contribution < 1.29 is 9.47 Å². The Hall–Kier alpha value is -0.390. The number of thiocarbonyl (C=S) groups is 1. The molecule has 1 aliphatic heterocycles. The Labute approximate surface area is 96.7 Å². The molecule has 0 aliphatic carbocycles. The van der Waals surface area contributed by atoms with Crippen LogP contribution in [0, 0.1) is 5.92 Å². The fourth-order valence-electron chi connectivity index (χ4n) is 1.53. The van der Waals surface area contributed by atoms with Crippen LogP contribution in [0.4, 0.5) is 0 Å². The first-order chi connectivity index (χ1) is 7.33. The monoisotopic (exact) mass is 232 g/mol. The summed E-state index contributed by atoms with van der Waals surface area (Å²) in [6.45, 7) is 4.09. The van der Waals surface area contributed by atoms with Crippen LogP contribution < -0.4 is 10.6 Å². The fourth-order valence-corrected chi connectivity index (χ4v) is 1.72. The first-order valence-electron chi connectivity index (χ1n) is 5.41. The molecule has 1 heterocycles. The zero-order valence-electron chi connectivity index (χ0n) is 9.25. The first-order valence-corrected chi connectivity index (χ1v) is 5.82. The molecule has 0 aromatic heterocycles. The zero-order valence-corrected chi connectivity index (χ0v) is 10.1. The summed E-state index contributed by atoms with van der Waals surface area (Å²) >= 11 is 5.12. The molecule has 0 radical (unpaired) electrons. The van der Waals surface area contributed by atoms with Crippen molar-refractivity contribution in [3.8, 4) is 0 Å². The van der Waals surface area contributed by atoms with Gasteiger partial charge in [0.05, 0.1) is 13.2 Å². The van der Waals surface area contributed by atoms with Gasteiger partial charge in [-0.05, 0) is 31.0 Å². The summed E-state index contributed by atoms with van der Waals surface area (Å²) in [5, 5.41) is 6.98. The third kappa shape index (κ3) is 5.92. The van der Waals surface area contributed by atoms with E-state index in [4.69, 9.17) is 21.7 Å². The van der Waals surface area contributed by atoms with Gasteiger partial charge in [-0.3, -0.25) is 0 Å². The van der Waals surface area contributed by atoms with Gasteiger partial charge in [0.25, 0.3) is 0 Å². The molecule has 5 heteroatoms. The lowest BCUT2D eigenvalue weighted by atomic mass is 10.0. The summed E-state index contributed by atoms with van der Waals surface area (Å²) in [6.07, 6.45) is 2.39. The van der Waals surface area contributed by atoms with E-state index in [0.717, 1.165) is 32.7 Å². The number of hydrogen-bond donors (Lipinski definition) is 2. The molecule has 0 amide bonds. The molecule has 0 spiro atoms. The highest BCUT2D eigenvalue weighted by molar-refractivity contribution is 7.80. The molecule has 15 heavy (non-hydrogen) atoms. The molecule has 1 unspecified atom stereocenters. The number of hydrogen-bond acceptors (Lipinski definition) is 3. The second-order valence-electron chi connectivity index (χ2n) is 3.71. The third-order valence-corrected chi connectivity index (χ3v) is 2.69. The summed E-state index contributed by atoms with van der Waals surface area (Å²) < 4.78 is 10.3. The van der Waals surface area contributed by atoms with Crippen molar-refractivity contribution in [2.75, 3.05) is 40.0 Å². The van der Waals surface area contributed by atoms with E-state index < -0.39 is 0 Å². The van der Waals surface area contributed by atoms with E-state index in [2.05, 4.69) is 10.6 Å². The van der Waals surface area contributed by atoms with Crippen molar-refractivity contribution in [2.24, 2.45) is 5.92 Å². The van der Waals surface area contributed by atoms with Crippen LogP contribution in [0.5, 0.6) is 0 Å². The smallest absolute Gasteiger partial charge is 0.166 e. The van der Waals surface area contributed by atoms with Gasteiger partial charge in [0.15, 0.2) is 5.11 Å². The highest BCUT2D eigenvalue weighted by Crippen LogP contribution is 2.11. The maximum Gasteiger partial charge on any atom is 0.166 e. The van der Waals surface area contributed by atoms with Gasteiger partial charge in [-0.15, -0.1) is 0 Å². The molecule has 1 aliphatic rings. The summed E-state index contributed by atoms with van der Waals surface area (Å²) in [6, 6.07) is 0. The molecule has 2 N–H and O–H groups in total. The van der Waals surface area contributed by atoms with Crippen LogP contribution >= 0.6 is 12.2 Å². The number of ether oxygens (including phenoxy) is 2. The van der Waals surface area contributed by atoms with E-state index in [0.29, 0.717) is 17.6 Å². The van der Waals surface area contributed by atoms with Crippen molar-refractivity contribution in [1.29, 1.82) is 0 Å². The van der Waals surface area contributed by atoms with Gasteiger partial charge in [-0.25, -0.2) is 0 Å². The molecule has 1 fully saturated rings. The summed E-state index contributed by atoms with van der Waals surface area (Å²) in [4.78, 5) is 0. The largest absolute Gasteiger partial charge is 0.383 e. The topological polar surface area (TPSA) is 42.5 Å². The van der Waals surface area contributed by atoms with Gasteiger partial charge in [0.1, 0.15) is 0 Å². The Morgan fingerprint density at radius 2 is 2.40 bits per heavy atom. The zero-order chi connectivity index (χ0) is 10.9. The van der Waals surface area contributed by atoms with Crippen LogP contribution in [-0.2, 0) is 9.47 Å². The Morgan fingerprint density at radius 1 is 1.53 bits per heavy atom. The molecule has 88 valence electrons. The fraction of sp³-hybridized carbons (Fsp3) is 0.900. The van der Waals surface area contributed by atoms with Crippen molar-refractivity contribution in [2.45, 2.75) is 12.8 Å². The number of nitrogens with one attached hydrogen (secondary N) is 2. The maximum absolute atomic E-state index is 5.39. The van der Waals surface area contributed by atoms with E-state index in [1.165, 1.54) is 6.42 Å². The van der Waals surface area contributed by atoms with Crippen LogP contribution in [0.25, 0.3) is 0 Å². The molecule has 0 aromatic rings. The SMILES string of the molecule is COCCNC(=S)NCC1CCCOC1. The van der Waals surface area contributed by atoms with Crippen molar-refractivity contribution in [3.05, 3.63) is 0 Å². The molecular formula is C10H20N2O2S. The Kier molecular flexibility index (Phi) is 6.63. The molecule has 4 nitrogen and oxygen atoms in total. The Bertz CT molecular complexity index is 184. The number of rotatable bonds is 5. The van der Waals surface area contributed by atoms with Crippen LogP contribution in [0.3, 0.4) is 0 Å². The van der Waals surface area contributed by atoms with E-state index >= 15 is 0 Å². The highest BCUT2D eigenvalue weighted by Gasteiger charge is 2.13. The molecule has 0 saturated carbocycles. The molecule has 0 aromatic carbocycles. The quantitative estimate of drug-likeness (QED) is 0.534. The molecule has 0 bridgehead atoms. The normalized spacial score (nSPS) is 21.0. The predicted molar refractivity (Wildman–Crippen MR) is 64.0 cm³/mol. The minimum Gasteiger partial charge on any atom is -0.383 e. The standard InChI is InChI=1S/C10H20N2O2S/c1-13-6-4-11-10(15)12-7-9-3-2-5-14-8-9/h9H,2-8H2,1H3,(H2,11,12,15). The average Bonchev–Trinajstić information content (AvgIpc) is 2.28. The van der Waals surface area contributed by atoms with Gasteiger partial charge in [0.2, 0.25) is 0 Å². The van der Waals surface area contributed by atoms with Gasteiger partial charge >= 0.3 is 0 Å². The minimum atomic E-state index is 0.598. The van der Waals surface area contributed by atoms with Crippen molar-refractivity contribution in [1.82, 2.24) is 10.6 Å². The molecule has 1 atom stereocenters. The Morgan fingerprint density at radius 3 is 3.07 bits per heavy atom. The minimum absolute atomic E-state index is 0.598. The second kappa shape index (κ2) is 7.84. The van der Waals surface area contributed by atoms with Gasteiger partial charge in [-0.1, -0.05) is 0 Å². The third-order valence-electron chi connectivity index (χ3n) is 2.40. The Balaban J connectivity index is 2.00. The highest BCUT2D eigenvalue weighted by atomic mass is 32.1. The van der Waals surface area contributed by atoms with Gasteiger partial charge < -0.3 is 20.1 Å². The number of methoxy groups -OCH3 is 1. The van der Waals surface area contributed by atoms with Crippen LogP contribution in [0.2, 0.25) is 0 Å².